The first-order valence-electron chi connectivity index (χ1n) is 5.61. The van der Waals surface area contributed by atoms with E-state index in [4.69, 9.17) is 10.3 Å². The molecule has 2 rings (SSSR count). The van der Waals surface area contributed by atoms with Crippen LogP contribution in [0.3, 0.4) is 0 Å². The third-order valence-electron chi connectivity index (χ3n) is 3.06. The van der Waals surface area contributed by atoms with Crippen molar-refractivity contribution in [3.05, 3.63) is 40.9 Å². The molecule has 0 saturated carbocycles. The highest BCUT2D eigenvalue weighted by Crippen LogP contribution is 2.17. The van der Waals surface area contributed by atoms with Crippen molar-refractivity contribution >= 4 is 5.91 Å². The average molecular weight is 248 g/mol. The zero-order valence-corrected chi connectivity index (χ0v) is 10.7. The molecule has 0 bridgehead atoms. The summed E-state index contributed by atoms with van der Waals surface area (Å²) in [4.78, 5) is 15.6. The molecule has 0 spiro atoms. The summed E-state index contributed by atoms with van der Waals surface area (Å²) in [5.74, 6) is 5.57. The summed E-state index contributed by atoms with van der Waals surface area (Å²) in [6.45, 7) is 6.41. The zero-order chi connectivity index (χ0) is 13.3. The molecule has 0 aliphatic rings. The maximum Gasteiger partial charge on any atom is 0.300 e. The first-order valence-corrected chi connectivity index (χ1v) is 5.61. The van der Waals surface area contributed by atoms with Crippen molar-refractivity contribution in [3.8, 4) is 0 Å². The van der Waals surface area contributed by atoms with Gasteiger partial charge >= 0.3 is 5.91 Å². The number of rotatable bonds is 3. The molecular weight excluding hydrogens is 232 g/mol. The molecule has 3 N–H and O–H groups in total. The molecule has 0 saturated heterocycles. The Morgan fingerprint density at radius 2 is 2.22 bits per heavy atom. The number of nitrogens with two attached hydrogens (primary N) is 1. The van der Waals surface area contributed by atoms with Crippen molar-refractivity contribution in [3.63, 3.8) is 0 Å². The van der Waals surface area contributed by atoms with E-state index >= 15 is 0 Å². The fraction of sp³-hybridized carbons (Fsp3) is 0.333. The summed E-state index contributed by atoms with van der Waals surface area (Å²) in [5.41, 5.74) is 5.08. The lowest BCUT2D eigenvalue weighted by atomic mass is 10.2. The number of hydrogen-bond donors (Lipinski definition) is 2. The molecule has 6 heteroatoms. The highest BCUT2D eigenvalue weighted by atomic mass is 16.4. The summed E-state index contributed by atoms with van der Waals surface area (Å²) in [7, 11) is 0. The fourth-order valence-electron chi connectivity index (χ4n) is 1.75. The standard InChI is InChI=1S/C12H16N4O2/c1-7-8(2)16(6-14-7)5-10-4-11(12(17)15-13)18-9(10)3/h4,6H,5,13H2,1-3H3,(H,15,17). The van der Waals surface area contributed by atoms with Gasteiger partial charge in [-0.15, -0.1) is 0 Å². The molecule has 1 amide bonds. The molecule has 18 heavy (non-hydrogen) atoms. The minimum atomic E-state index is -0.428. The lowest BCUT2D eigenvalue weighted by Crippen LogP contribution is -2.29. The molecule has 0 aromatic carbocycles. The van der Waals surface area contributed by atoms with Crippen LogP contribution < -0.4 is 11.3 Å². The molecule has 6 nitrogen and oxygen atoms in total. The maximum atomic E-state index is 11.4. The second kappa shape index (κ2) is 4.66. The predicted octanol–water partition coefficient (Wildman–Crippen LogP) is 1.05. The largest absolute Gasteiger partial charge is 0.456 e. The number of carbonyl (C=O) groups excluding carboxylic acids is 1. The summed E-state index contributed by atoms with van der Waals surface area (Å²) in [6, 6.07) is 1.70. The van der Waals surface area contributed by atoms with E-state index < -0.39 is 5.91 Å². The molecule has 0 aliphatic heterocycles. The van der Waals surface area contributed by atoms with Gasteiger partial charge in [0, 0.05) is 11.3 Å². The monoisotopic (exact) mass is 248 g/mol. The smallest absolute Gasteiger partial charge is 0.300 e. The molecular formula is C12H16N4O2. The van der Waals surface area contributed by atoms with Crippen molar-refractivity contribution in [2.75, 3.05) is 0 Å². The molecule has 0 aliphatic carbocycles. The van der Waals surface area contributed by atoms with Gasteiger partial charge in [0.15, 0.2) is 5.76 Å². The number of nitrogens with one attached hydrogen (secondary N) is 1. The summed E-state index contributed by atoms with van der Waals surface area (Å²) >= 11 is 0. The van der Waals surface area contributed by atoms with E-state index in [0.29, 0.717) is 12.3 Å². The van der Waals surface area contributed by atoms with Crippen molar-refractivity contribution in [1.29, 1.82) is 0 Å². The Morgan fingerprint density at radius 3 is 2.78 bits per heavy atom. The van der Waals surface area contributed by atoms with Crippen LogP contribution in [0.15, 0.2) is 16.8 Å². The topological polar surface area (TPSA) is 86.1 Å². The summed E-state index contributed by atoms with van der Waals surface area (Å²) in [6.07, 6.45) is 1.78. The Morgan fingerprint density at radius 1 is 1.50 bits per heavy atom. The van der Waals surface area contributed by atoms with Crippen molar-refractivity contribution in [2.24, 2.45) is 5.84 Å². The first kappa shape index (κ1) is 12.4. The number of aryl methyl sites for hydroxylation is 2. The Balaban J connectivity index is 2.27. The molecule has 0 unspecified atom stereocenters. The van der Waals surface area contributed by atoms with Crippen LogP contribution in [0.2, 0.25) is 0 Å². The van der Waals surface area contributed by atoms with E-state index in [1.165, 1.54) is 0 Å². The second-order valence-electron chi connectivity index (χ2n) is 4.21. The highest BCUT2D eigenvalue weighted by molar-refractivity contribution is 5.91. The summed E-state index contributed by atoms with van der Waals surface area (Å²) in [5, 5.41) is 0. The molecule has 2 heterocycles. The number of hydrazine groups is 1. The van der Waals surface area contributed by atoms with Gasteiger partial charge in [-0.2, -0.15) is 0 Å². The minimum absolute atomic E-state index is 0.222. The van der Waals surface area contributed by atoms with E-state index in [9.17, 15) is 4.79 Å². The number of aromatic nitrogens is 2. The number of nitrogens with zero attached hydrogens (tertiary/aromatic N) is 2. The van der Waals surface area contributed by atoms with Crippen LogP contribution in [0.25, 0.3) is 0 Å². The maximum absolute atomic E-state index is 11.4. The van der Waals surface area contributed by atoms with Crippen LogP contribution in [0, 0.1) is 20.8 Å². The summed E-state index contributed by atoms with van der Waals surface area (Å²) < 4.78 is 7.37. The third kappa shape index (κ3) is 2.14. The number of furan rings is 1. The Labute approximate surface area is 105 Å². The molecule has 2 aromatic rings. The molecule has 2 aromatic heterocycles. The van der Waals surface area contributed by atoms with Gasteiger partial charge in [0.25, 0.3) is 0 Å². The lowest BCUT2D eigenvalue weighted by Gasteiger charge is -2.03. The number of nitrogen functional groups attached to an aromatic ring is 1. The van der Waals surface area contributed by atoms with Crippen molar-refractivity contribution in [2.45, 2.75) is 27.3 Å². The van der Waals surface area contributed by atoms with Gasteiger partial charge in [0.1, 0.15) is 5.76 Å². The molecule has 96 valence electrons. The molecule has 0 atom stereocenters. The van der Waals surface area contributed by atoms with E-state index in [-0.39, 0.29) is 5.76 Å². The van der Waals surface area contributed by atoms with Gasteiger partial charge in [0.05, 0.1) is 18.6 Å². The van der Waals surface area contributed by atoms with E-state index in [0.717, 1.165) is 17.0 Å². The second-order valence-corrected chi connectivity index (χ2v) is 4.21. The quantitative estimate of drug-likeness (QED) is 0.483. The SMILES string of the molecule is Cc1ncn(Cc2cc(C(=O)NN)oc2C)c1C. The molecule has 0 fully saturated rings. The van der Waals surface area contributed by atoms with E-state index in [1.54, 1.807) is 12.4 Å². The lowest BCUT2D eigenvalue weighted by molar-refractivity contribution is 0.0924. The first-order chi connectivity index (χ1) is 8.52. The normalized spacial score (nSPS) is 10.7. The fourth-order valence-corrected chi connectivity index (χ4v) is 1.75. The van der Waals surface area contributed by atoms with Crippen LogP contribution >= 0.6 is 0 Å². The van der Waals surface area contributed by atoms with Gasteiger partial charge < -0.3 is 8.98 Å². The van der Waals surface area contributed by atoms with Gasteiger partial charge in [-0.3, -0.25) is 10.2 Å². The van der Waals surface area contributed by atoms with Gasteiger partial charge in [0.2, 0.25) is 0 Å². The van der Waals surface area contributed by atoms with E-state index in [2.05, 4.69) is 4.98 Å². The Hall–Kier alpha value is -2.08. The Bertz CT molecular complexity index is 583. The van der Waals surface area contributed by atoms with Crippen molar-refractivity contribution in [1.82, 2.24) is 15.0 Å². The van der Waals surface area contributed by atoms with Crippen LogP contribution in [0.5, 0.6) is 0 Å². The minimum Gasteiger partial charge on any atom is -0.456 e. The number of hydrogen-bond acceptors (Lipinski definition) is 4. The van der Waals surface area contributed by atoms with E-state index in [1.807, 2.05) is 30.8 Å². The molecule has 0 radical (unpaired) electrons. The average Bonchev–Trinajstić information content (AvgIpc) is 2.87. The van der Waals surface area contributed by atoms with Crippen LogP contribution in [0.1, 0.15) is 33.3 Å². The van der Waals surface area contributed by atoms with Gasteiger partial charge in [-0.1, -0.05) is 0 Å². The zero-order valence-electron chi connectivity index (χ0n) is 10.7. The highest BCUT2D eigenvalue weighted by Gasteiger charge is 2.14. The van der Waals surface area contributed by atoms with Crippen molar-refractivity contribution < 1.29 is 9.21 Å². The number of carbonyl (C=O) groups is 1. The Kier molecular flexibility index (Phi) is 3.20. The number of imidazole rings is 1. The predicted molar refractivity (Wildman–Crippen MR) is 65.9 cm³/mol. The van der Waals surface area contributed by atoms with Gasteiger partial charge in [-0.25, -0.2) is 10.8 Å². The van der Waals surface area contributed by atoms with Crippen LogP contribution in [-0.2, 0) is 6.54 Å². The number of amides is 1. The van der Waals surface area contributed by atoms with Crippen LogP contribution in [-0.4, -0.2) is 15.5 Å². The van der Waals surface area contributed by atoms with Gasteiger partial charge in [-0.05, 0) is 26.8 Å². The third-order valence-corrected chi connectivity index (χ3v) is 3.06. The van der Waals surface area contributed by atoms with Crippen LogP contribution in [0.4, 0.5) is 0 Å².